The van der Waals surface area contributed by atoms with E-state index in [0.717, 1.165) is 11.2 Å². The van der Waals surface area contributed by atoms with Crippen molar-refractivity contribution in [1.29, 1.82) is 0 Å². The van der Waals surface area contributed by atoms with Gasteiger partial charge in [0.15, 0.2) is 22.9 Å². The lowest BCUT2D eigenvalue weighted by Gasteiger charge is -2.14. The van der Waals surface area contributed by atoms with Crippen LogP contribution in [0.1, 0.15) is 16.3 Å². The van der Waals surface area contributed by atoms with Crippen molar-refractivity contribution in [3.8, 4) is 11.3 Å². The lowest BCUT2D eigenvalue weighted by Crippen LogP contribution is -2.27. The molecule has 124 valence electrons. The summed E-state index contributed by atoms with van der Waals surface area (Å²) in [5, 5.41) is 12.1. The third-order valence-electron chi connectivity index (χ3n) is 3.90. The fourth-order valence-electron chi connectivity index (χ4n) is 2.59. The van der Waals surface area contributed by atoms with Gasteiger partial charge in [-0.25, -0.2) is 0 Å². The van der Waals surface area contributed by atoms with Crippen molar-refractivity contribution in [2.45, 2.75) is 6.54 Å². The van der Waals surface area contributed by atoms with Crippen LogP contribution in [0.4, 0.5) is 0 Å². The molecule has 0 bridgehead atoms. The quantitative estimate of drug-likeness (QED) is 0.574. The van der Waals surface area contributed by atoms with E-state index in [1.54, 1.807) is 13.1 Å². The average molecular weight is 333 g/mol. The van der Waals surface area contributed by atoms with Gasteiger partial charge in [0, 0.05) is 24.9 Å². The van der Waals surface area contributed by atoms with Crippen LogP contribution in [0, 0.1) is 0 Å². The zero-order valence-electron chi connectivity index (χ0n) is 13.5. The van der Waals surface area contributed by atoms with Crippen molar-refractivity contribution in [2.75, 3.05) is 7.05 Å². The summed E-state index contributed by atoms with van der Waals surface area (Å²) in [6, 6.07) is 16.8. The predicted molar refractivity (Wildman–Crippen MR) is 90.7 cm³/mol. The maximum absolute atomic E-state index is 12.6. The zero-order chi connectivity index (χ0) is 17.2. The maximum atomic E-state index is 12.6. The summed E-state index contributed by atoms with van der Waals surface area (Å²) >= 11 is 0. The number of aromatic nitrogens is 4. The van der Waals surface area contributed by atoms with E-state index < -0.39 is 0 Å². The minimum atomic E-state index is -0.237. The van der Waals surface area contributed by atoms with E-state index in [0.29, 0.717) is 18.1 Å². The van der Waals surface area contributed by atoms with Crippen molar-refractivity contribution >= 4 is 11.6 Å². The molecular formula is C18H15N5O2. The van der Waals surface area contributed by atoms with Crippen molar-refractivity contribution in [2.24, 2.45) is 0 Å². The van der Waals surface area contributed by atoms with Gasteiger partial charge in [0.2, 0.25) is 0 Å². The van der Waals surface area contributed by atoms with Gasteiger partial charge in [-0.15, -0.1) is 10.2 Å². The normalized spacial score (nSPS) is 10.9. The average Bonchev–Trinajstić information content (AvgIpc) is 3.30. The first-order valence-corrected chi connectivity index (χ1v) is 7.78. The third-order valence-corrected chi connectivity index (χ3v) is 3.90. The molecular weight excluding hydrogens is 318 g/mol. The summed E-state index contributed by atoms with van der Waals surface area (Å²) in [7, 11) is 1.70. The first kappa shape index (κ1) is 15.1. The number of rotatable bonds is 4. The highest BCUT2D eigenvalue weighted by Gasteiger charge is 2.19. The van der Waals surface area contributed by atoms with Gasteiger partial charge in [0.05, 0.1) is 6.54 Å². The Kier molecular flexibility index (Phi) is 3.74. The maximum Gasteiger partial charge on any atom is 0.276 e. The summed E-state index contributed by atoms with van der Waals surface area (Å²) in [5.74, 6) is 1.00. The van der Waals surface area contributed by atoms with Crippen LogP contribution in [-0.2, 0) is 6.54 Å². The van der Waals surface area contributed by atoms with Crippen molar-refractivity contribution in [3.05, 3.63) is 72.3 Å². The van der Waals surface area contributed by atoms with Gasteiger partial charge in [0.1, 0.15) is 0 Å². The lowest BCUT2D eigenvalue weighted by atomic mass is 10.1. The minimum Gasteiger partial charge on any atom is -0.355 e. The number of nitrogens with zero attached hydrogens (tertiary/aromatic N) is 5. The van der Waals surface area contributed by atoms with Crippen LogP contribution >= 0.6 is 0 Å². The lowest BCUT2D eigenvalue weighted by molar-refractivity contribution is 0.0771. The summed E-state index contributed by atoms with van der Waals surface area (Å²) in [5.41, 5.74) is 1.88. The summed E-state index contributed by atoms with van der Waals surface area (Å²) in [4.78, 5) is 14.1. The topological polar surface area (TPSA) is 76.5 Å². The Morgan fingerprint density at radius 1 is 1.12 bits per heavy atom. The minimum absolute atomic E-state index is 0.237. The van der Waals surface area contributed by atoms with E-state index in [1.807, 2.05) is 59.1 Å². The Hall–Kier alpha value is -3.48. The molecule has 4 aromatic rings. The molecule has 1 aromatic carbocycles. The molecule has 4 rings (SSSR count). The van der Waals surface area contributed by atoms with Gasteiger partial charge in [-0.05, 0) is 12.1 Å². The molecule has 0 aliphatic rings. The Labute approximate surface area is 143 Å². The number of hydrogen-bond donors (Lipinski definition) is 0. The number of carbonyl (C=O) groups excluding carboxylic acids is 1. The van der Waals surface area contributed by atoms with Gasteiger partial charge >= 0.3 is 0 Å². The molecule has 0 N–H and O–H groups in total. The smallest absolute Gasteiger partial charge is 0.276 e. The van der Waals surface area contributed by atoms with Crippen molar-refractivity contribution < 1.29 is 9.32 Å². The van der Waals surface area contributed by atoms with Crippen LogP contribution in [0.15, 0.2) is 65.3 Å². The molecule has 0 atom stereocenters. The second-order valence-corrected chi connectivity index (χ2v) is 5.65. The summed E-state index contributed by atoms with van der Waals surface area (Å²) < 4.78 is 7.15. The van der Waals surface area contributed by atoms with E-state index in [4.69, 9.17) is 4.52 Å². The highest BCUT2D eigenvalue weighted by Crippen LogP contribution is 2.20. The van der Waals surface area contributed by atoms with E-state index in [9.17, 15) is 4.79 Å². The van der Waals surface area contributed by atoms with Crippen LogP contribution < -0.4 is 0 Å². The first-order chi connectivity index (χ1) is 12.2. The highest BCUT2D eigenvalue weighted by molar-refractivity contribution is 5.92. The molecule has 1 amide bonds. The Balaban J connectivity index is 1.54. The van der Waals surface area contributed by atoms with E-state index in [-0.39, 0.29) is 11.6 Å². The molecule has 7 nitrogen and oxygen atoms in total. The molecule has 3 heterocycles. The fourth-order valence-corrected chi connectivity index (χ4v) is 2.59. The van der Waals surface area contributed by atoms with Crippen LogP contribution in [0.5, 0.6) is 0 Å². The van der Waals surface area contributed by atoms with Gasteiger partial charge in [0.25, 0.3) is 5.91 Å². The van der Waals surface area contributed by atoms with E-state index in [1.165, 1.54) is 4.90 Å². The third kappa shape index (κ3) is 2.87. The SMILES string of the molecule is CN(Cc1nnc2ccccn12)C(=O)c1cc(-c2ccccc2)on1. The second kappa shape index (κ2) is 6.20. The molecule has 7 heteroatoms. The second-order valence-electron chi connectivity index (χ2n) is 5.65. The number of carbonyl (C=O) groups is 1. The molecule has 0 fully saturated rings. The van der Waals surface area contributed by atoms with Crippen LogP contribution in [0.2, 0.25) is 0 Å². The predicted octanol–water partition coefficient (Wildman–Crippen LogP) is 2.66. The number of pyridine rings is 1. The van der Waals surface area contributed by atoms with Gasteiger partial charge in [-0.3, -0.25) is 9.20 Å². The van der Waals surface area contributed by atoms with Gasteiger partial charge < -0.3 is 9.42 Å². The monoisotopic (exact) mass is 333 g/mol. The Morgan fingerprint density at radius 3 is 2.76 bits per heavy atom. The molecule has 0 saturated heterocycles. The van der Waals surface area contributed by atoms with Crippen LogP contribution in [-0.4, -0.2) is 37.6 Å². The van der Waals surface area contributed by atoms with E-state index >= 15 is 0 Å². The number of benzene rings is 1. The standard InChI is InChI=1S/C18H15N5O2/c1-22(12-17-20-19-16-9-5-6-10-23(16)17)18(24)14-11-15(25-21-14)13-7-3-2-4-8-13/h2-11H,12H2,1H3. The van der Waals surface area contributed by atoms with Crippen molar-refractivity contribution in [3.63, 3.8) is 0 Å². The molecule has 0 radical (unpaired) electrons. The molecule has 0 spiro atoms. The molecule has 0 aliphatic heterocycles. The Morgan fingerprint density at radius 2 is 1.92 bits per heavy atom. The van der Waals surface area contributed by atoms with Crippen LogP contribution in [0.25, 0.3) is 17.0 Å². The Bertz CT molecular complexity index is 1020. The highest BCUT2D eigenvalue weighted by atomic mass is 16.5. The number of fused-ring (bicyclic) bond motifs is 1. The van der Waals surface area contributed by atoms with Gasteiger partial charge in [-0.1, -0.05) is 41.6 Å². The molecule has 0 aliphatic carbocycles. The number of hydrogen-bond acceptors (Lipinski definition) is 5. The molecule has 3 aromatic heterocycles. The summed E-state index contributed by atoms with van der Waals surface area (Å²) in [6.45, 7) is 0.317. The first-order valence-electron chi connectivity index (χ1n) is 7.78. The van der Waals surface area contributed by atoms with E-state index in [2.05, 4.69) is 15.4 Å². The zero-order valence-corrected chi connectivity index (χ0v) is 13.5. The van der Waals surface area contributed by atoms with Gasteiger partial charge in [-0.2, -0.15) is 0 Å². The fraction of sp³-hybridized carbons (Fsp3) is 0.111. The molecule has 25 heavy (non-hydrogen) atoms. The van der Waals surface area contributed by atoms with Crippen LogP contribution in [0.3, 0.4) is 0 Å². The molecule has 0 unspecified atom stereocenters. The molecule has 0 saturated carbocycles. The summed E-state index contributed by atoms with van der Waals surface area (Å²) in [6.07, 6.45) is 1.87. The van der Waals surface area contributed by atoms with Crippen molar-refractivity contribution in [1.82, 2.24) is 24.7 Å². The largest absolute Gasteiger partial charge is 0.355 e. The number of amides is 1.